The average molecular weight is 552 g/mol. The van der Waals surface area contributed by atoms with E-state index in [-0.39, 0.29) is 11.8 Å². The third kappa shape index (κ3) is 3.48. The van der Waals surface area contributed by atoms with Gasteiger partial charge in [-0.1, -0.05) is 78.9 Å². The van der Waals surface area contributed by atoms with E-state index in [1.54, 1.807) is 13.2 Å². The number of amides is 2. The molecular formula is C36H25NO5. The van der Waals surface area contributed by atoms with Gasteiger partial charge in [-0.15, -0.1) is 0 Å². The van der Waals surface area contributed by atoms with Gasteiger partial charge in [-0.3, -0.25) is 14.4 Å². The highest BCUT2D eigenvalue weighted by Gasteiger charge is 2.60. The summed E-state index contributed by atoms with van der Waals surface area (Å²) in [5, 5.41) is 3.88. The van der Waals surface area contributed by atoms with Crippen molar-refractivity contribution in [2.45, 2.75) is 5.92 Å². The normalized spacial score (nSPS) is 22.8. The van der Waals surface area contributed by atoms with Gasteiger partial charge in [0.25, 0.3) is 0 Å². The lowest BCUT2D eigenvalue weighted by Gasteiger charge is -2.38. The Balaban J connectivity index is 1.34. The molecule has 5 aromatic carbocycles. The summed E-state index contributed by atoms with van der Waals surface area (Å²) in [6.07, 6.45) is 2.02. The number of rotatable bonds is 3. The maximum absolute atomic E-state index is 14.4. The second kappa shape index (κ2) is 9.14. The predicted molar refractivity (Wildman–Crippen MR) is 160 cm³/mol. The van der Waals surface area contributed by atoms with E-state index in [0.29, 0.717) is 17.2 Å². The van der Waals surface area contributed by atoms with E-state index < -0.39 is 29.6 Å². The Morgan fingerprint density at radius 3 is 2.19 bits per heavy atom. The molecule has 6 nitrogen and oxygen atoms in total. The number of allylic oxidation sites excluding steroid dienone is 1. The van der Waals surface area contributed by atoms with Crippen molar-refractivity contribution >= 4 is 50.6 Å². The Morgan fingerprint density at radius 2 is 1.40 bits per heavy atom. The lowest BCUT2D eigenvalue weighted by molar-refractivity contribution is -0.142. The van der Waals surface area contributed by atoms with Gasteiger partial charge in [-0.25, -0.2) is 4.90 Å². The quantitative estimate of drug-likeness (QED) is 0.145. The summed E-state index contributed by atoms with van der Waals surface area (Å²) >= 11 is 0. The number of fused-ring (bicyclic) bond motifs is 8. The summed E-state index contributed by atoms with van der Waals surface area (Å²) in [4.78, 5) is 43.7. The number of methoxy groups -OCH3 is 1. The predicted octanol–water partition coefficient (Wildman–Crippen LogP) is 6.52. The topological polar surface area (TPSA) is 72.9 Å². The van der Waals surface area contributed by atoms with Crippen LogP contribution in [0.15, 0.2) is 109 Å². The number of ether oxygens (including phenoxy) is 2. The molecule has 0 unspecified atom stereocenters. The van der Waals surface area contributed by atoms with Gasteiger partial charge in [-0.05, 0) is 63.0 Å². The van der Waals surface area contributed by atoms with E-state index in [4.69, 9.17) is 9.47 Å². The number of carbonyl (C=O) groups is 3. The van der Waals surface area contributed by atoms with Crippen molar-refractivity contribution in [3.05, 3.63) is 120 Å². The molecule has 2 heterocycles. The van der Waals surface area contributed by atoms with Crippen LogP contribution in [0.2, 0.25) is 0 Å². The minimum atomic E-state index is -0.907. The van der Waals surface area contributed by atoms with Crippen molar-refractivity contribution in [1.82, 2.24) is 0 Å². The van der Waals surface area contributed by atoms with Crippen LogP contribution in [0.4, 0.5) is 5.69 Å². The Hall–Kier alpha value is -5.23. The second-order valence-electron chi connectivity index (χ2n) is 11.1. The van der Waals surface area contributed by atoms with E-state index >= 15 is 0 Å². The van der Waals surface area contributed by atoms with Crippen LogP contribution in [0.25, 0.3) is 27.1 Å². The number of carbonyl (C=O) groups excluding carboxylic acids is 3. The van der Waals surface area contributed by atoms with Crippen molar-refractivity contribution in [3.8, 4) is 11.5 Å². The molecule has 3 aliphatic rings. The average Bonchev–Trinajstić information content (AvgIpc) is 3.29. The molecule has 0 N–H and O–H groups in total. The van der Waals surface area contributed by atoms with Gasteiger partial charge in [0.05, 0.1) is 30.6 Å². The Bertz CT molecular complexity index is 1990. The monoisotopic (exact) mass is 551 g/mol. The van der Waals surface area contributed by atoms with Crippen LogP contribution in [0, 0.1) is 17.8 Å². The largest absolute Gasteiger partial charge is 0.497 e. The van der Waals surface area contributed by atoms with E-state index in [1.807, 2.05) is 103 Å². The molecule has 0 radical (unpaired) electrons. The van der Waals surface area contributed by atoms with Crippen LogP contribution in [0.1, 0.15) is 17.0 Å². The number of hydrogen-bond donors (Lipinski definition) is 0. The Kier molecular flexibility index (Phi) is 5.35. The van der Waals surface area contributed by atoms with E-state index in [2.05, 4.69) is 0 Å². The molecule has 8 rings (SSSR count). The summed E-state index contributed by atoms with van der Waals surface area (Å²) in [6.45, 7) is 0. The zero-order valence-electron chi connectivity index (χ0n) is 22.7. The maximum Gasteiger partial charge on any atom is 0.319 e. The first-order valence-corrected chi connectivity index (χ1v) is 14.0. The summed E-state index contributed by atoms with van der Waals surface area (Å²) in [7, 11) is 1.61. The van der Waals surface area contributed by atoms with Gasteiger partial charge < -0.3 is 9.47 Å². The van der Waals surface area contributed by atoms with Gasteiger partial charge in [-0.2, -0.15) is 0 Å². The first-order valence-electron chi connectivity index (χ1n) is 14.0. The molecule has 5 aromatic rings. The SMILES string of the molecule is COc1ccc([C@@H]2C=C3c4c(ccc5ccccc45)OC(=O)[C@@H]3[C@H]3C(=O)N(c4ccc5ccccc5c4)C(=O)[C@H]32)cc1. The second-order valence-corrected chi connectivity index (χ2v) is 11.1. The van der Waals surface area contributed by atoms with Crippen LogP contribution in [0.3, 0.4) is 0 Å². The molecule has 42 heavy (non-hydrogen) atoms. The van der Waals surface area contributed by atoms with Crippen LogP contribution in [-0.4, -0.2) is 24.9 Å². The summed E-state index contributed by atoms with van der Waals surface area (Å²) in [5.41, 5.74) is 2.92. The standard InChI is InChI=1S/C36H25NO5/c1-41-25-15-11-22(12-16-25)27-19-28-30-26-9-5-4-7-21(26)13-17-29(30)42-36(40)32(28)33-31(27)34(38)37(35(33)39)24-14-10-20-6-2-3-8-23(20)18-24/h2-19,27,31-33H,1H3/t27-,31-,32-,33-/m0/s1. The van der Waals surface area contributed by atoms with Crippen LogP contribution in [-0.2, 0) is 14.4 Å². The highest BCUT2D eigenvalue weighted by atomic mass is 16.5. The fourth-order valence-corrected chi connectivity index (χ4v) is 7.05. The molecule has 204 valence electrons. The molecule has 0 aromatic heterocycles. The summed E-state index contributed by atoms with van der Waals surface area (Å²) < 4.78 is 11.3. The smallest absolute Gasteiger partial charge is 0.319 e. The first kappa shape index (κ1) is 24.6. The lowest BCUT2D eigenvalue weighted by atomic mass is 9.64. The third-order valence-electron chi connectivity index (χ3n) is 8.97. The minimum Gasteiger partial charge on any atom is -0.497 e. The van der Waals surface area contributed by atoms with E-state index in [1.165, 1.54) is 4.90 Å². The van der Waals surface area contributed by atoms with Gasteiger partial charge in [0.15, 0.2) is 0 Å². The number of nitrogens with zero attached hydrogens (tertiary/aromatic N) is 1. The third-order valence-corrected chi connectivity index (χ3v) is 8.97. The zero-order valence-corrected chi connectivity index (χ0v) is 22.7. The molecule has 0 spiro atoms. The van der Waals surface area contributed by atoms with Gasteiger partial charge in [0.1, 0.15) is 11.5 Å². The molecule has 2 amide bonds. The van der Waals surface area contributed by atoms with Crippen molar-refractivity contribution < 1.29 is 23.9 Å². The molecule has 6 heteroatoms. The maximum atomic E-state index is 14.4. The Labute approximate surface area is 241 Å². The van der Waals surface area contributed by atoms with Gasteiger partial charge >= 0.3 is 5.97 Å². The van der Waals surface area contributed by atoms with Crippen LogP contribution >= 0.6 is 0 Å². The molecule has 1 fully saturated rings. The molecular weight excluding hydrogens is 526 g/mol. The minimum absolute atomic E-state index is 0.312. The van der Waals surface area contributed by atoms with Crippen molar-refractivity contribution in [2.75, 3.05) is 12.0 Å². The highest BCUT2D eigenvalue weighted by Crippen LogP contribution is 2.56. The van der Waals surface area contributed by atoms with Crippen molar-refractivity contribution in [3.63, 3.8) is 0 Å². The summed E-state index contributed by atoms with van der Waals surface area (Å²) in [6, 6.07) is 32.6. The zero-order chi connectivity index (χ0) is 28.5. The van der Waals surface area contributed by atoms with Crippen molar-refractivity contribution in [2.24, 2.45) is 17.8 Å². The van der Waals surface area contributed by atoms with Gasteiger partial charge in [0, 0.05) is 11.5 Å². The van der Waals surface area contributed by atoms with E-state index in [0.717, 1.165) is 38.2 Å². The van der Waals surface area contributed by atoms with Crippen LogP contribution in [0.5, 0.6) is 11.5 Å². The molecule has 4 atom stereocenters. The van der Waals surface area contributed by atoms with Crippen LogP contribution < -0.4 is 14.4 Å². The van der Waals surface area contributed by atoms with Gasteiger partial charge in [0.2, 0.25) is 11.8 Å². The Morgan fingerprint density at radius 1 is 0.714 bits per heavy atom. The number of anilines is 1. The number of imide groups is 1. The summed E-state index contributed by atoms with van der Waals surface area (Å²) in [5.74, 6) is -3.05. The number of esters is 1. The van der Waals surface area contributed by atoms with Crippen molar-refractivity contribution in [1.29, 1.82) is 0 Å². The molecule has 1 saturated heterocycles. The lowest BCUT2D eigenvalue weighted by Crippen LogP contribution is -2.42. The fourth-order valence-electron chi connectivity index (χ4n) is 7.05. The molecule has 1 aliphatic carbocycles. The number of benzene rings is 5. The first-order chi connectivity index (χ1) is 20.5. The molecule has 0 saturated carbocycles. The molecule has 2 aliphatic heterocycles. The highest BCUT2D eigenvalue weighted by molar-refractivity contribution is 6.25. The van der Waals surface area contributed by atoms with E-state index in [9.17, 15) is 14.4 Å². The number of hydrogen-bond acceptors (Lipinski definition) is 5. The molecule has 0 bridgehead atoms. The fraction of sp³-hybridized carbons (Fsp3) is 0.139.